The van der Waals surface area contributed by atoms with Gasteiger partial charge in [-0.25, -0.2) is 14.4 Å². The molecule has 0 bridgehead atoms. The van der Waals surface area contributed by atoms with E-state index < -0.39 is 0 Å². The second kappa shape index (κ2) is 16.7. The van der Waals surface area contributed by atoms with Crippen molar-refractivity contribution in [2.75, 3.05) is 0 Å². The van der Waals surface area contributed by atoms with Crippen molar-refractivity contribution in [2.45, 2.75) is 129 Å². The third-order valence-corrected chi connectivity index (χ3v) is 8.76. The Morgan fingerprint density at radius 1 is 0.650 bits per heavy atom. The van der Waals surface area contributed by atoms with Gasteiger partial charge in [0.2, 0.25) is 0 Å². The zero-order valence-corrected chi connectivity index (χ0v) is 25.2. The summed E-state index contributed by atoms with van der Waals surface area (Å²) >= 11 is 0. The highest BCUT2D eigenvalue weighted by atomic mass is 19.1. The van der Waals surface area contributed by atoms with Crippen LogP contribution in [0.1, 0.15) is 127 Å². The van der Waals surface area contributed by atoms with Crippen molar-refractivity contribution >= 4 is 0 Å². The molecule has 2 nitrogen and oxygen atoms in total. The van der Waals surface area contributed by atoms with Crippen molar-refractivity contribution in [3.05, 3.63) is 71.3 Å². The lowest BCUT2D eigenvalue weighted by molar-refractivity contribution is 0.469. The van der Waals surface area contributed by atoms with E-state index in [1.807, 2.05) is 24.5 Å². The maximum atomic E-state index is 15.2. The van der Waals surface area contributed by atoms with Gasteiger partial charge in [0.1, 0.15) is 5.82 Å². The summed E-state index contributed by atoms with van der Waals surface area (Å²) in [6.07, 6.45) is 27.1. The highest BCUT2D eigenvalue weighted by Crippen LogP contribution is 2.34. The van der Waals surface area contributed by atoms with Gasteiger partial charge in [-0.3, -0.25) is 0 Å². The Morgan fingerprint density at radius 3 is 1.90 bits per heavy atom. The van der Waals surface area contributed by atoms with Gasteiger partial charge in [-0.15, -0.1) is 0 Å². The van der Waals surface area contributed by atoms with Crippen LogP contribution in [0.15, 0.2) is 48.8 Å². The molecule has 0 saturated carbocycles. The summed E-state index contributed by atoms with van der Waals surface area (Å²) in [5.41, 5.74) is 6.58. The Kier molecular flexibility index (Phi) is 12.7. The van der Waals surface area contributed by atoms with Crippen molar-refractivity contribution in [2.24, 2.45) is 5.92 Å². The van der Waals surface area contributed by atoms with Crippen LogP contribution in [0.5, 0.6) is 0 Å². The number of hydrogen-bond acceptors (Lipinski definition) is 2. The fourth-order valence-corrected chi connectivity index (χ4v) is 6.27. The predicted octanol–water partition coefficient (Wildman–Crippen LogP) is 11.1. The fourth-order valence-electron chi connectivity index (χ4n) is 6.27. The summed E-state index contributed by atoms with van der Waals surface area (Å²) in [6.45, 7) is 4.54. The van der Waals surface area contributed by atoms with Crippen LogP contribution in [-0.2, 0) is 19.3 Å². The largest absolute Gasteiger partial charge is 0.236 e. The van der Waals surface area contributed by atoms with Crippen LogP contribution < -0.4 is 0 Å². The number of nitrogens with zero attached hydrogens (tertiary/aromatic N) is 2. The summed E-state index contributed by atoms with van der Waals surface area (Å²) in [5, 5.41) is 0. The van der Waals surface area contributed by atoms with E-state index in [0.29, 0.717) is 11.4 Å². The average molecular weight is 543 g/mol. The molecule has 1 heterocycles. The molecule has 3 aromatic rings. The summed E-state index contributed by atoms with van der Waals surface area (Å²) in [6, 6.07) is 12.2. The maximum absolute atomic E-state index is 15.2. The van der Waals surface area contributed by atoms with Gasteiger partial charge in [0.25, 0.3) is 0 Å². The molecule has 0 radical (unpaired) electrons. The molecule has 1 atom stereocenters. The molecule has 40 heavy (non-hydrogen) atoms. The van der Waals surface area contributed by atoms with Gasteiger partial charge in [0, 0.05) is 12.4 Å². The average Bonchev–Trinajstić information content (AvgIpc) is 3.39. The van der Waals surface area contributed by atoms with Crippen LogP contribution in [0.3, 0.4) is 0 Å². The highest BCUT2D eigenvalue weighted by Gasteiger charge is 2.21. The molecule has 0 aliphatic heterocycles. The SMILES string of the molecule is CCCCCCCCCCc1cnc(-c2ccc(-c3ccc4c(c3)CC(CCCCCCCC)C4)cc2F)nc1. The van der Waals surface area contributed by atoms with E-state index in [9.17, 15) is 0 Å². The number of aromatic nitrogens is 2. The Hall–Kier alpha value is -2.55. The lowest BCUT2D eigenvalue weighted by atomic mass is 9.97. The smallest absolute Gasteiger partial charge is 0.162 e. The van der Waals surface area contributed by atoms with Gasteiger partial charge in [-0.2, -0.15) is 0 Å². The van der Waals surface area contributed by atoms with E-state index in [4.69, 9.17) is 0 Å². The molecule has 0 amide bonds. The number of aryl methyl sites for hydroxylation is 1. The third kappa shape index (κ3) is 9.25. The van der Waals surface area contributed by atoms with Crippen LogP contribution in [-0.4, -0.2) is 9.97 Å². The van der Waals surface area contributed by atoms with Crippen LogP contribution in [0.2, 0.25) is 0 Å². The lowest BCUT2D eigenvalue weighted by Crippen LogP contribution is -1.99. The number of hydrogen-bond donors (Lipinski definition) is 0. The molecule has 1 aliphatic carbocycles. The molecule has 1 aliphatic rings. The lowest BCUT2D eigenvalue weighted by Gasteiger charge is -2.09. The second-order valence-corrected chi connectivity index (χ2v) is 12.1. The summed E-state index contributed by atoms with van der Waals surface area (Å²) in [5.74, 6) is 0.983. The molecule has 4 rings (SSSR count). The van der Waals surface area contributed by atoms with E-state index in [2.05, 4.69) is 42.0 Å². The first kappa shape index (κ1) is 30.4. The van der Waals surface area contributed by atoms with Gasteiger partial charge in [-0.1, -0.05) is 122 Å². The van der Waals surface area contributed by atoms with E-state index in [1.54, 1.807) is 6.07 Å². The van der Waals surface area contributed by atoms with E-state index >= 15 is 4.39 Å². The minimum Gasteiger partial charge on any atom is -0.236 e. The molecule has 0 N–H and O–H groups in total. The summed E-state index contributed by atoms with van der Waals surface area (Å²) < 4.78 is 15.2. The molecular formula is C37H51FN2. The van der Waals surface area contributed by atoms with E-state index in [-0.39, 0.29) is 5.82 Å². The highest BCUT2D eigenvalue weighted by molar-refractivity contribution is 5.69. The molecule has 1 unspecified atom stereocenters. The second-order valence-electron chi connectivity index (χ2n) is 12.1. The van der Waals surface area contributed by atoms with E-state index in [1.165, 1.54) is 114 Å². The minimum absolute atomic E-state index is 0.255. The predicted molar refractivity (Wildman–Crippen MR) is 168 cm³/mol. The van der Waals surface area contributed by atoms with Gasteiger partial charge >= 0.3 is 0 Å². The Balaban J connectivity index is 1.26. The van der Waals surface area contributed by atoms with Crippen LogP contribution >= 0.6 is 0 Å². The zero-order chi connectivity index (χ0) is 28.0. The van der Waals surface area contributed by atoms with Crippen molar-refractivity contribution in [3.63, 3.8) is 0 Å². The van der Waals surface area contributed by atoms with Crippen molar-refractivity contribution in [3.8, 4) is 22.5 Å². The van der Waals surface area contributed by atoms with Crippen molar-refractivity contribution in [1.82, 2.24) is 9.97 Å². The van der Waals surface area contributed by atoms with Gasteiger partial charge in [-0.05, 0) is 78.0 Å². The normalized spacial score (nSPS) is 14.5. The van der Waals surface area contributed by atoms with Gasteiger partial charge in [0.05, 0.1) is 5.56 Å². The van der Waals surface area contributed by atoms with Crippen LogP contribution in [0.4, 0.5) is 4.39 Å². The Bertz CT molecular complexity index is 1150. The molecule has 3 heteroatoms. The maximum Gasteiger partial charge on any atom is 0.162 e. The number of halogens is 1. The Morgan fingerprint density at radius 2 is 1.23 bits per heavy atom. The number of fused-ring (bicyclic) bond motifs is 1. The molecule has 0 fully saturated rings. The quantitative estimate of drug-likeness (QED) is 0.149. The van der Waals surface area contributed by atoms with Gasteiger partial charge < -0.3 is 0 Å². The van der Waals surface area contributed by atoms with Crippen molar-refractivity contribution in [1.29, 1.82) is 0 Å². The zero-order valence-electron chi connectivity index (χ0n) is 25.2. The third-order valence-electron chi connectivity index (χ3n) is 8.76. The van der Waals surface area contributed by atoms with Crippen LogP contribution in [0.25, 0.3) is 22.5 Å². The van der Waals surface area contributed by atoms with Gasteiger partial charge in [0.15, 0.2) is 5.82 Å². The number of unbranched alkanes of at least 4 members (excludes halogenated alkanes) is 12. The first-order valence-electron chi connectivity index (χ1n) is 16.4. The molecule has 2 aromatic carbocycles. The number of rotatable bonds is 18. The topological polar surface area (TPSA) is 25.8 Å². The minimum atomic E-state index is -0.255. The first-order chi connectivity index (χ1) is 19.7. The van der Waals surface area contributed by atoms with E-state index in [0.717, 1.165) is 35.4 Å². The Labute approximate surface area is 243 Å². The molecular weight excluding hydrogens is 491 g/mol. The first-order valence-corrected chi connectivity index (χ1v) is 16.4. The molecule has 0 saturated heterocycles. The standard InChI is InChI=1S/C37H51FN2/c1-3-5-7-9-11-12-14-16-18-30-27-39-37(40-28-30)35-22-21-33(26-36(35)38)32-20-19-31-23-29(24-34(31)25-32)17-15-13-10-8-6-4-2/h19-22,25-29H,3-18,23-24H2,1-2H3. The molecule has 1 aromatic heterocycles. The number of benzene rings is 2. The summed E-state index contributed by atoms with van der Waals surface area (Å²) in [4.78, 5) is 9.02. The molecule has 216 valence electrons. The van der Waals surface area contributed by atoms with Crippen molar-refractivity contribution < 1.29 is 4.39 Å². The monoisotopic (exact) mass is 542 g/mol. The molecule has 0 spiro atoms. The van der Waals surface area contributed by atoms with Crippen LogP contribution in [0, 0.1) is 11.7 Å². The fraction of sp³-hybridized carbons (Fsp3) is 0.568. The summed E-state index contributed by atoms with van der Waals surface area (Å²) in [7, 11) is 0.